The Morgan fingerprint density at radius 1 is 1.40 bits per heavy atom. The summed E-state index contributed by atoms with van der Waals surface area (Å²) in [7, 11) is 2.10. The van der Waals surface area contributed by atoms with E-state index in [4.69, 9.17) is 4.74 Å². The second kappa shape index (κ2) is 4.45. The number of nitrogens with zero attached hydrogens (tertiary/aromatic N) is 1. The van der Waals surface area contributed by atoms with Crippen LogP contribution >= 0.6 is 0 Å². The molecule has 0 radical (unpaired) electrons. The van der Waals surface area contributed by atoms with Gasteiger partial charge in [-0.15, -0.1) is 0 Å². The highest BCUT2D eigenvalue weighted by molar-refractivity contribution is 5.74. The largest absolute Gasteiger partial charge is 0.489 e. The van der Waals surface area contributed by atoms with Gasteiger partial charge in [0, 0.05) is 18.7 Å². The number of hydrogen-bond donors (Lipinski definition) is 0. The van der Waals surface area contributed by atoms with Gasteiger partial charge in [-0.1, -0.05) is 0 Å². The average molecular weight is 205 g/mol. The summed E-state index contributed by atoms with van der Waals surface area (Å²) in [6, 6.07) is 7.26. The van der Waals surface area contributed by atoms with Crippen LogP contribution in [0.1, 0.15) is 16.8 Å². The fourth-order valence-corrected chi connectivity index (χ4v) is 1.81. The maximum absolute atomic E-state index is 10.5. The summed E-state index contributed by atoms with van der Waals surface area (Å²) >= 11 is 0. The van der Waals surface area contributed by atoms with Gasteiger partial charge >= 0.3 is 0 Å². The SMILES string of the molecule is CN1CCC(Oc2ccc(C=O)cc2)C1. The van der Waals surface area contributed by atoms with Gasteiger partial charge < -0.3 is 9.64 Å². The van der Waals surface area contributed by atoms with Crippen molar-refractivity contribution in [2.24, 2.45) is 0 Å². The second-order valence-electron chi connectivity index (χ2n) is 3.98. The molecule has 3 nitrogen and oxygen atoms in total. The molecule has 1 unspecified atom stereocenters. The molecule has 1 heterocycles. The summed E-state index contributed by atoms with van der Waals surface area (Å²) in [5.74, 6) is 0.848. The predicted octanol–water partition coefficient (Wildman–Crippen LogP) is 1.58. The monoisotopic (exact) mass is 205 g/mol. The van der Waals surface area contributed by atoms with E-state index in [1.54, 1.807) is 12.1 Å². The van der Waals surface area contributed by atoms with Crippen LogP contribution in [0.15, 0.2) is 24.3 Å². The maximum Gasteiger partial charge on any atom is 0.150 e. The summed E-state index contributed by atoms with van der Waals surface area (Å²) in [5.41, 5.74) is 0.686. The van der Waals surface area contributed by atoms with Crippen molar-refractivity contribution in [1.82, 2.24) is 4.90 Å². The molecule has 1 aromatic rings. The molecule has 1 atom stereocenters. The van der Waals surface area contributed by atoms with Gasteiger partial charge in [0.05, 0.1) is 0 Å². The quantitative estimate of drug-likeness (QED) is 0.702. The Bertz CT molecular complexity index is 334. The van der Waals surface area contributed by atoms with Crippen LogP contribution in [0.4, 0.5) is 0 Å². The van der Waals surface area contributed by atoms with Gasteiger partial charge in [0.15, 0.2) is 0 Å². The number of likely N-dealkylation sites (tertiary alicyclic amines) is 1. The van der Waals surface area contributed by atoms with Gasteiger partial charge in [0.1, 0.15) is 18.1 Å². The van der Waals surface area contributed by atoms with Crippen LogP contribution in [0.2, 0.25) is 0 Å². The predicted molar refractivity (Wildman–Crippen MR) is 58.4 cm³/mol. The van der Waals surface area contributed by atoms with E-state index in [0.29, 0.717) is 5.56 Å². The standard InChI is InChI=1S/C12H15NO2/c1-13-7-6-12(8-13)15-11-4-2-10(9-14)3-5-11/h2-5,9,12H,6-8H2,1H3. The molecule has 0 N–H and O–H groups in total. The van der Waals surface area contributed by atoms with E-state index in [0.717, 1.165) is 31.5 Å². The van der Waals surface area contributed by atoms with Crippen molar-refractivity contribution in [3.63, 3.8) is 0 Å². The van der Waals surface area contributed by atoms with E-state index in [1.807, 2.05) is 12.1 Å². The molecule has 1 aliphatic rings. The van der Waals surface area contributed by atoms with E-state index in [9.17, 15) is 4.79 Å². The van der Waals surface area contributed by atoms with E-state index >= 15 is 0 Å². The van der Waals surface area contributed by atoms with E-state index in [1.165, 1.54) is 0 Å². The molecule has 0 aromatic heterocycles. The third kappa shape index (κ3) is 2.57. The molecule has 1 fully saturated rings. The molecule has 1 saturated heterocycles. The van der Waals surface area contributed by atoms with Crippen molar-refractivity contribution < 1.29 is 9.53 Å². The molecule has 0 spiro atoms. The van der Waals surface area contributed by atoms with Gasteiger partial charge in [-0.3, -0.25) is 4.79 Å². The highest BCUT2D eigenvalue weighted by atomic mass is 16.5. The molecule has 80 valence electrons. The van der Waals surface area contributed by atoms with Crippen molar-refractivity contribution in [2.45, 2.75) is 12.5 Å². The van der Waals surface area contributed by atoms with Gasteiger partial charge in [0.25, 0.3) is 0 Å². The Hall–Kier alpha value is -1.35. The van der Waals surface area contributed by atoms with Crippen molar-refractivity contribution in [1.29, 1.82) is 0 Å². The maximum atomic E-state index is 10.5. The van der Waals surface area contributed by atoms with Crippen LogP contribution in [0.3, 0.4) is 0 Å². The molecule has 0 saturated carbocycles. The molecule has 0 bridgehead atoms. The van der Waals surface area contributed by atoms with Crippen LogP contribution in [-0.2, 0) is 0 Å². The Balaban J connectivity index is 1.96. The van der Waals surface area contributed by atoms with Crippen LogP contribution in [-0.4, -0.2) is 37.4 Å². The van der Waals surface area contributed by atoms with Crippen LogP contribution in [0, 0.1) is 0 Å². The lowest BCUT2D eigenvalue weighted by molar-refractivity contribution is 0.112. The second-order valence-corrected chi connectivity index (χ2v) is 3.98. The summed E-state index contributed by atoms with van der Waals surface area (Å²) < 4.78 is 5.79. The topological polar surface area (TPSA) is 29.5 Å². The summed E-state index contributed by atoms with van der Waals surface area (Å²) in [4.78, 5) is 12.7. The molecule has 1 aromatic carbocycles. The molecule has 2 rings (SSSR count). The first kappa shape index (κ1) is 10.2. The number of carbonyl (C=O) groups excluding carboxylic acids is 1. The minimum Gasteiger partial charge on any atom is -0.489 e. The zero-order chi connectivity index (χ0) is 10.7. The molecule has 0 aliphatic carbocycles. The number of rotatable bonds is 3. The minimum atomic E-state index is 0.289. The minimum absolute atomic E-state index is 0.289. The summed E-state index contributed by atoms with van der Waals surface area (Å²) in [6.45, 7) is 2.08. The summed E-state index contributed by atoms with van der Waals surface area (Å²) in [6.07, 6.45) is 2.20. The molecule has 15 heavy (non-hydrogen) atoms. The third-order valence-corrected chi connectivity index (χ3v) is 2.67. The van der Waals surface area contributed by atoms with Gasteiger partial charge in [-0.2, -0.15) is 0 Å². The lowest BCUT2D eigenvalue weighted by atomic mass is 10.2. The Labute approximate surface area is 89.7 Å². The molecule has 3 heteroatoms. The average Bonchev–Trinajstić information content (AvgIpc) is 2.65. The smallest absolute Gasteiger partial charge is 0.150 e. The Morgan fingerprint density at radius 2 is 2.13 bits per heavy atom. The first-order valence-corrected chi connectivity index (χ1v) is 5.18. The number of likely N-dealkylation sites (N-methyl/N-ethyl adjacent to an activating group) is 1. The van der Waals surface area contributed by atoms with Crippen LogP contribution in [0.5, 0.6) is 5.75 Å². The van der Waals surface area contributed by atoms with E-state index in [2.05, 4.69) is 11.9 Å². The van der Waals surface area contributed by atoms with Gasteiger partial charge in [-0.05, 0) is 37.7 Å². The first-order valence-electron chi connectivity index (χ1n) is 5.18. The van der Waals surface area contributed by atoms with Crippen LogP contribution < -0.4 is 4.74 Å². The number of hydrogen-bond acceptors (Lipinski definition) is 3. The fourth-order valence-electron chi connectivity index (χ4n) is 1.81. The number of aldehydes is 1. The zero-order valence-electron chi connectivity index (χ0n) is 8.85. The number of benzene rings is 1. The fraction of sp³-hybridized carbons (Fsp3) is 0.417. The highest BCUT2D eigenvalue weighted by Gasteiger charge is 2.20. The van der Waals surface area contributed by atoms with Crippen molar-refractivity contribution >= 4 is 6.29 Å². The lowest BCUT2D eigenvalue weighted by Crippen LogP contribution is -2.21. The first-order chi connectivity index (χ1) is 7.28. The highest BCUT2D eigenvalue weighted by Crippen LogP contribution is 2.17. The molecule has 1 aliphatic heterocycles. The molecular formula is C12H15NO2. The number of carbonyl (C=O) groups is 1. The normalized spacial score (nSPS) is 21.5. The van der Waals surface area contributed by atoms with Crippen molar-refractivity contribution in [3.05, 3.63) is 29.8 Å². The zero-order valence-corrected chi connectivity index (χ0v) is 8.85. The van der Waals surface area contributed by atoms with Crippen molar-refractivity contribution in [3.8, 4) is 5.75 Å². The molecule has 0 amide bonds. The van der Waals surface area contributed by atoms with Gasteiger partial charge in [0.2, 0.25) is 0 Å². The van der Waals surface area contributed by atoms with Crippen molar-refractivity contribution in [2.75, 3.05) is 20.1 Å². The van der Waals surface area contributed by atoms with E-state index in [-0.39, 0.29) is 6.10 Å². The molecular weight excluding hydrogens is 190 g/mol. The summed E-state index contributed by atoms with van der Waals surface area (Å²) in [5, 5.41) is 0. The lowest BCUT2D eigenvalue weighted by Gasteiger charge is -2.13. The Morgan fingerprint density at radius 3 is 2.67 bits per heavy atom. The van der Waals surface area contributed by atoms with Crippen LogP contribution in [0.25, 0.3) is 0 Å². The Kier molecular flexibility index (Phi) is 3.02. The van der Waals surface area contributed by atoms with Gasteiger partial charge in [-0.25, -0.2) is 0 Å². The number of ether oxygens (including phenoxy) is 1. The third-order valence-electron chi connectivity index (χ3n) is 2.67. The van der Waals surface area contributed by atoms with E-state index < -0.39 is 0 Å².